The normalized spacial score (nSPS) is 17.9. The van der Waals surface area contributed by atoms with Gasteiger partial charge in [0.25, 0.3) is 5.91 Å². The fourth-order valence-electron chi connectivity index (χ4n) is 3.32. The number of hydrogen-bond donors (Lipinski definition) is 0. The highest BCUT2D eigenvalue weighted by atomic mass is 16.2. The van der Waals surface area contributed by atoms with Crippen LogP contribution in [0.15, 0.2) is 36.7 Å². The SMILES string of the molecule is CN1CCN(c2cnc(C(=O)N3CCc4ccccc43)cn2)CC1. The molecule has 2 aliphatic rings. The Morgan fingerprint density at radius 1 is 1.00 bits per heavy atom. The van der Waals surface area contributed by atoms with Crippen LogP contribution < -0.4 is 9.80 Å². The van der Waals surface area contributed by atoms with E-state index in [0.717, 1.165) is 44.1 Å². The molecule has 4 rings (SSSR count). The molecule has 124 valence electrons. The number of likely N-dealkylation sites (N-methyl/N-ethyl adjacent to an activating group) is 1. The molecule has 2 aliphatic heterocycles. The monoisotopic (exact) mass is 323 g/mol. The van der Waals surface area contributed by atoms with E-state index in [0.29, 0.717) is 12.2 Å². The predicted octanol–water partition coefficient (Wildman–Crippen LogP) is 1.43. The minimum absolute atomic E-state index is 0.0719. The third-order valence-electron chi connectivity index (χ3n) is 4.82. The van der Waals surface area contributed by atoms with Crippen LogP contribution in [0.1, 0.15) is 16.1 Å². The Morgan fingerprint density at radius 3 is 2.54 bits per heavy atom. The Hall–Kier alpha value is -2.47. The zero-order valence-corrected chi connectivity index (χ0v) is 13.9. The van der Waals surface area contributed by atoms with Gasteiger partial charge < -0.3 is 14.7 Å². The number of benzene rings is 1. The topological polar surface area (TPSA) is 52.6 Å². The molecule has 1 aromatic carbocycles. The first-order valence-electron chi connectivity index (χ1n) is 8.38. The third-order valence-corrected chi connectivity index (χ3v) is 4.82. The molecule has 1 amide bonds. The van der Waals surface area contributed by atoms with E-state index in [2.05, 4.69) is 32.9 Å². The molecule has 0 N–H and O–H groups in total. The van der Waals surface area contributed by atoms with E-state index in [4.69, 9.17) is 0 Å². The third kappa shape index (κ3) is 2.73. The second-order valence-corrected chi connectivity index (χ2v) is 6.39. The fraction of sp³-hybridized carbons (Fsp3) is 0.389. The Labute approximate surface area is 141 Å². The standard InChI is InChI=1S/C18H21N5O/c1-21-8-10-22(11-9-21)17-13-19-15(12-20-17)18(24)23-7-6-14-4-2-3-5-16(14)23/h2-5,12-13H,6-11H2,1H3. The van der Waals surface area contributed by atoms with Gasteiger partial charge in [0, 0.05) is 38.4 Å². The van der Waals surface area contributed by atoms with E-state index >= 15 is 0 Å². The molecule has 6 nitrogen and oxygen atoms in total. The van der Waals surface area contributed by atoms with Gasteiger partial charge in [0.15, 0.2) is 0 Å². The van der Waals surface area contributed by atoms with Gasteiger partial charge in [-0.15, -0.1) is 0 Å². The number of piperazine rings is 1. The number of amides is 1. The minimum Gasteiger partial charge on any atom is -0.353 e. The summed E-state index contributed by atoms with van der Waals surface area (Å²) in [6, 6.07) is 8.04. The van der Waals surface area contributed by atoms with Crippen molar-refractivity contribution in [2.24, 2.45) is 0 Å². The Balaban J connectivity index is 1.50. The van der Waals surface area contributed by atoms with Gasteiger partial charge in [0.05, 0.1) is 12.4 Å². The van der Waals surface area contributed by atoms with Gasteiger partial charge >= 0.3 is 0 Å². The summed E-state index contributed by atoms with van der Waals surface area (Å²) in [6.07, 6.45) is 4.23. The van der Waals surface area contributed by atoms with Gasteiger partial charge in [-0.1, -0.05) is 18.2 Å². The number of fused-ring (bicyclic) bond motifs is 1. The minimum atomic E-state index is -0.0719. The molecule has 0 bridgehead atoms. The summed E-state index contributed by atoms with van der Waals surface area (Å²) in [5.74, 6) is 0.777. The van der Waals surface area contributed by atoms with Crippen molar-refractivity contribution < 1.29 is 4.79 Å². The molecular formula is C18H21N5O. The highest BCUT2D eigenvalue weighted by molar-refractivity contribution is 6.05. The van der Waals surface area contributed by atoms with Crippen LogP contribution in [-0.4, -0.2) is 60.5 Å². The van der Waals surface area contributed by atoms with Crippen molar-refractivity contribution >= 4 is 17.4 Å². The number of carbonyl (C=O) groups excluding carboxylic acids is 1. The van der Waals surface area contributed by atoms with E-state index in [9.17, 15) is 4.79 Å². The van der Waals surface area contributed by atoms with Gasteiger partial charge in [0.1, 0.15) is 11.5 Å². The first-order valence-corrected chi connectivity index (χ1v) is 8.38. The average Bonchev–Trinajstić information content (AvgIpc) is 3.06. The van der Waals surface area contributed by atoms with Crippen molar-refractivity contribution in [1.82, 2.24) is 14.9 Å². The van der Waals surface area contributed by atoms with Crippen LogP contribution >= 0.6 is 0 Å². The van der Waals surface area contributed by atoms with Crippen molar-refractivity contribution in [3.8, 4) is 0 Å². The number of para-hydroxylation sites is 1. The molecule has 6 heteroatoms. The van der Waals surface area contributed by atoms with Crippen LogP contribution in [0.2, 0.25) is 0 Å². The van der Waals surface area contributed by atoms with Crippen LogP contribution in [0.5, 0.6) is 0 Å². The lowest BCUT2D eigenvalue weighted by atomic mass is 10.2. The van der Waals surface area contributed by atoms with Gasteiger partial charge in [-0.2, -0.15) is 0 Å². The summed E-state index contributed by atoms with van der Waals surface area (Å²) in [4.78, 5) is 27.9. The van der Waals surface area contributed by atoms with Crippen molar-refractivity contribution in [3.05, 3.63) is 47.9 Å². The quantitative estimate of drug-likeness (QED) is 0.837. The van der Waals surface area contributed by atoms with E-state index in [1.807, 2.05) is 18.2 Å². The lowest BCUT2D eigenvalue weighted by molar-refractivity contribution is 0.0984. The lowest BCUT2D eigenvalue weighted by Crippen LogP contribution is -2.44. The van der Waals surface area contributed by atoms with Crippen molar-refractivity contribution in [2.75, 3.05) is 49.6 Å². The first-order chi connectivity index (χ1) is 11.7. The molecule has 3 heterocycles. The van der Waals surface area contributed by atoms with E-state index in [1.54, 1.807) is 17.3 Å². The van der Waals surface area contributed by atoms with Gasteiger partial charge in [-0.3, -0.25) is 4.79 Å². The molecule has 0 unspecified atom stereocenters. The number of rotatable bonds is 2. The molecule has 0 atom stereocenters. The Bertz CT molecular complexity index is 737. The van der Waals surface area contributed by atoms with E-state index in [1.165, 1.54) is 5.56 Å². The number of nitrogens with zero attached hydrogens (tertiary/aromatic N) is 5. The van der Waals surface area contributed by atoms with Crippen molar-refractivity contribution in [1.29, 1.82) is 0 Å². The van der Waals surface area contributed by atoms with Gasteiger partial charge in [-0.25, -0.2) is 9.97 Å². The van der Waals surface area contributed by atoms with Crippen molar-refractivity contribution in [3.63, 3.8) is 0 Å². The van der Waals surface area contributed by atoms with Crippen LogP contribution in [0, 0.1) is 0 Å². The van der Waals surface area contributed by atoms with Crippen LogP contribution in [0.3, 0.4) is 0 Å². The van der Waals surface area contributed by atoms with Crippen molar-refractivity contribution in [2.45, 2.75) is 6.42 Å². The zero-order chi connectivity index (χ0) is 16.5. The largest absolute Gasteiger partial charge is 0.353 e. The Kier molecular flexibility index (Phi) is 3.90. The first kappa shape index (κ1) is 15.1. The summed E-state index contributed by atoms with van der Waals surface area (Å²) in [5, 5.41) is 0. The summed E-state index contributed by atoms with van der Waals surface area (Å²) in [6.45, 7) is 4.63. The average molecular weight is 323 g/mol. The maximum Gasteiger partial charge on any atom is 0.278 e. The molecule has 24 heavy (non-hydrogen) atoms. The molecule has 1 fully saturated rings. The van der Waals surface area contributed by atoms with Gasteiger partial charge in [0.2, 0.25) is 0 Å². The Morgan fingerprint density at radius 2 is 1.79 bits per heavy atom. The second-order valence-electron chi connectivity index (χ2n) is 6.39. The van der Waals surface area contributed by atoms with Crippen LogP contribution in [-0.2, 0) is 6.42 Å². The number of anilines is 2. The molecule has 1 aromatic heterocycles. The molecule has 1 saturated heterocycles. The smallest absolute Gasteiger partial charge is 0.278 e. The summed E-state index contributed by atoms with van der Waals surface area (Å²) < 4.78 is 0. The summed E-state index contributed by atoms with van der Waals surface area (Å²) >= 11 is 0. The number of aromatic nitrogens is 2. The molecule has 0 aliphatic carbocycles. The molecule has 2 aromatic rings. The maximum absolute atomic E-state index is 12.7. The molecular weight excluding hydrogens is 302 g/mol. The van der Waals surface area contributed by atoms with Crippen LogP contribution in [0.25, 0.3) is 0 Å². The highest BCUT2D eigenvalue weighted by Crippen LogP contribution is 2.28. The van der Waals surface area contributed by atoms with E-state index < -0.39 is 0 Å². The van der Waals surface area contributed by atoms with Crippen LogP contribution in [0.4, 0.5) is 11.5 Å². The number of carbonyl (C=O) groups is 1. The van der Waals surface area contributed by atoms with Gasteiger partial charge in [-0.05, 0) is 25.1 Å². The maximum atomic E-state index is 12.7. The van der Waals surface area contributed by atoms with E-state index in [-0.39, 0.29) is 5.91 Å². The predicted molar refractivity (Wildman–Crippen MR) is 93.6 cm³/mol. The molecule has 0 radical (unpaired) electrons. The second kappa shape index (κ2) is 6.20. The summed E-state index contributed by atoms with van der Waals surface area (Å²) in [7, 11) is 2.12. The summed E-state index contributed by atoms with van der Waals surface area (Å²) in [5.41, 5.74) is 2.62. The molecule has 0 spiro atoms. The lowest BCUT2D eigenvalue weighted by Gasteiger charge is -2.32. The zero-order valence-electron chi connectivity index (χ0n) is 13.9. The fourth-order valence-corrected chi connectivity index (χ4v) is 3.32. The molecule has 0 saturated carbocycles. The number of hydrogen-bond acceptors (Lipinski definition) is 5. The highest BCUT2D eigenvalue weighted by Gasteiger charge is 2.26.